The Kier molecular flexibility index (Phi) is 4.63. The zero-order valence-corrected chi connectivity index (χ0v) is 16.1. The average Bonchev–Trinajstić information content (AvgIpc) is 3.02. The van der Waals surface area contributed by atoms with Gasteiger partial charge in [-0.1, -0.05) is 18.6 Å². The Morgan fingerprint density at radius 1 is 0.966 bits per heavy atom. The standard InChI is InChI=1S/C22H22N4O3/c27-22(16-8-9-18-19(14-16)29-12-11-28-18)23-17-6-4-5-15(13-17)21-25-24-20-7-2-1-3-10-26(20)21/h4-6,8-9,13-14H,1-3,7,10-12H2,(H,23,27). The summed E-state index contributed by atoms with van der Waals surface area (Å²) in [6.07, 6.45) is 4.48. The molecule has 7 nitrogen and oxygen atoms in total. The summed E-state index contributed by atoms with van der Waals surface area (Å²) in [4.78, 5) is 12.7. The second-order valence-electron chi connectivity index (χ2n) is 7.30. The maximum Gasteiger partial charge on any atom is 0.255 e. The average molecular weight is 390 g/mol. The van der Waals surface area contributed by atoms with Crippen molar-refractivity contribution < 1.29 is 14.3 Å². The molecule has 0 unspecified atom stereocenters. The van der Waals surface area contributed by atoms with Crippen LogP contribution in [-0.4, -0.2) is 33.9 Å². The number of amides is 1. The van der Waals surface area contributed by atoms with Gasteiger partial charge in [0.25, 0.3) is 5.91 Å². The number of nitrogens with zero attached hydrogens (tertiary/aromatic N) is 3. The Morgan fingerprint density at radius 3 is 2.79 bits per heavy atom. The van der Waals surface area contributed by atoms with Crippen LogP contribution in [0.4, 0.5) is 5.69 Å². The lowest BCUT2D eigenvalue weighted by molar-refractivity contribution is 0.102. The molecule has 0 fully saturated rings. The summed E-state index contributed by atoms with van der Waals surface area (Å²) in [6.45, 7) is 1.95. The molecule has 0 spiro atoms. The van der Waals surface area contributed by atoms with E-state index in [1.165, 1.54) is 6.42 Å². The van der Waals surface area contributed by atoms with Gasteiger partial charge in [0, 0.05) is 29.8 Å². The van der Waals surface area contributed by atoms with Crippen molar-refractivity contribution in [2.24, 2.45) is 0 Å². The number of carbonyl (C=O) groups is 1. The molecule has 2 aliphatic heterocycles. The quantitative estimate of drug-likeness (QED) is 0.738. The van der Waals surface area contributed by atoms with E-state index in [1.807, 2.05) is 24.3 Å². The van der Waals surface area contributed by atoms with E-state index in [4.69, 9.17) is 9.47 Å². The Morgan fingerprint density at radius 2 is 1.86 bits per heavy atom. The van der Waals surface area contributed by atoms with Crippen molar-refractivity contribution >= 4 is 11.6 Å². The topological polar surface area (TPSA) is 78.3 Å². The molecule has 2 aromatic carbocycles. The van der Waals surface area contributed by atoms with Crippen molar-refractivity contribution in [3.05, 3.63) is 53.9 Å². The van der Waals surface area contributed by atoms with E-state index in [9.17, 15) is 4.79 Å². The first-order valence-electron chi connectivity index (χ1n) is 10.0. The van der Waals surface area contributed by atoms with E-state index in [0.29, 0.717) is 36.0 Å². The third-order valence-electron chi connectivity index (χ3n) is 5.29. The summed E-state index contributed by atoms with van der Waals surface area (Å²) in [5.41, 5.74) is 2.19. The fraction of sp³-hybridized carbons (Fsp3) is 0.318. The van der Waals surface area contributed by atoms with Crippen molar-refractivity contribution in [3.63, 3.8) is 0 Å². The van der Waals surface area contributed by atoms with Crippen LogP contribution in [0.3, 0.4) is 0 Å². The van der Waals surface area contributed by atoms with Gasteiger partial charge in [-0.05, 0) is 43.2 Å². The number of nitrogens with one attached hydrogen (secondary N) is 1. The Labute approximate surface area is 168 Å². The highest BCUT2D eigenvalue weighted by Crippen LogP contribution is 2.31. The van der Waals surface area contributed by atoms with Gasteiger partial charge in [0.2, 0.25) is 0 Å². The number of rotatable bonds is 3. The number of ether oxygens (including phenoxy) is 2. The first kappa shape index (κ1) is 17.7. The molecule has 0 bridgehead atoms. The number of hydrogen-bond donors (Lipinski definition) is 1. The highest BCUT2D eigenvalue weighted by molar-refractivity contribution is 6.04. The van der Waals surface area contributed by atoms with Gasteiger partial charge in [0.05, 0.1) is 0 Å². The van der Waals surface area contributed by atoms with Gasteiger partial charge in [0.1, 0.15) is 19.0 Å². The molecule has 1 aromatic heterocycles. The van der Waals surface area contributed by atoms with Crippen LogP contribution >= 0.6 is 0 Å². The molecule has 1 amide bonds. The summed E-state index contributed by atoms with van der Waals surface area (Å²) in [7, 11) is 0. The molecule has 0 atom stereocenters. The zero-order chi connectivity index (χ0) is 19.6. The molecule has 0 saturated heterocycles. The summed E-state index contributed by atoms with van der Waals surface area (Å²) in [5, 5.41) is 11.7. The maximum absolute atomic E-state index is 12.7. The van der Waals surface area contributed by atoms with Crippen molar-refractivity contribution in [2.75, 3.05) is 18.5 Å². The van der Waals surface area contributed by atoms with Crippen molar-refractivity contribution in [3.8, 4) is 22.9 Å². The molecule has 0 saturated carbocycles. The zero-order valence-electron chi connectivity index (χ0n) is 16.1. The lowest BCUT2D eigenvalue weighted by Crippen LogP contribution is -2.17. The van der Waals surface area contributed by atoms with E-state index in [-0.39, 0.29) is 5.91 Å². The van der Waals surface area contributed by atoms with Gasteiger partial charge in [-0.15, -0.1) is 10.2 Å². The lowest BCUT2D eigenvalue weighted by atomic mass is 10.1. The second-order valence-corrected chi connectivity index (χ2v) is 7.30. The minimum atomic E-state index is -0.195. The van der Waals surface area contributed by atoms with Crippen LogP contribution in [0.5, 0.6) is 11.5 Å². The minimum absolute atomic E-state index is 0.195. The highest BCUT2D eigenvalue weighted by Gasteiger charge is 2.18. The number of aryl methyl sites for hydroxylation is 1. The van der Waals surface area contributed by atoms with E-state index in [1.54, 1.807) is 18.2 Å². The van der Waals surface area contributed by atoms with Gasteiger partial charge < -0.3 is 19.4 Å². The van der Waals surface area contributed by atoms with Gasteiger partial charge >= 0.3 is 0 Å². The first-order chi connectivity index (χ1) is 14.3. The molecular weight excluding hydrogens is 368 g/mol. The maximum atomic E-state index is 12.7. The van der Waals surface area contributed by atoms with Crippen molar-refractivity contribution in [1.29, 1.82) is 0 Å². The molecule has 0 aliphatic carbocycles. The summed E-state index contributed by atoms with van der Waals surface area (Å²) in [6, 6.07) is 13.0. The van der Waals surface area contributed by atoms with Gasteiger partial charge in [-0.2, -0.15) is 0 Å². The van der Waals surface area contributed by atoms with Gasteiger partial charge in [0.15, 0.2) is 17.3 Å². The second kappa shape index (κ2) is 7.58. The molecule has 1 N–H and O–H groups in total. The van der Waals surface area contributed by atoms with E-state index in [2.05, 4.69) is 20.1 Å². The molecule has 29 heavy (non-hydrogen) atoms. The van der Waals surface area contributed by atoms with Crippen LogP contribution in [0.1, 0.15) is 35.4 Å². The van der Waals surface area contributed by atoms with Crippen molar-refractivity contribution in [2.45, 2.75) is 32.2 Å². The molecule has 3 heterocycles. The van der Waals surface area contributed by atoms with Crippen LogP contribution < -0.4 is 14.8 Å². The largest absolute Gasteiger partial charge is 0.486 e. The molecule has 3 aromatic rings. The number of hydrogen-bond acceptors (Lipinski definition) is 5. The fourth-order valence-corrected chi connectivity index (χ4v) is 3.82. The van der Waals surface area contributed by atoms with E-state index in [0.717, 1.165) is 43.0 Å². The summed E-state index contributed by atoms with van der Waals surface area (Å²) < 4.78 is 13.3. The molecule has 148 valence electrons. The molecule has 0 radical (unpaired) electrons. The van der Waals surface area contributed by atoms with Crippen LogP contribution in [-0.2, 0) is 13.0 Å². The molecular formula is C22H22N4O3. The number of anilines is 1. The predicted octanol–water partition coefficient (Wildman–Crippen LogP) is 3.70. The number of carbonyl (C=O) groups excluding carboxylic acids is 1. The third-order valence-corrected chi connectivity index (χ3v) is 5.29. The Bertz CT molecular complexity index is 1060. The highest BCUT2D eigenvalue weighted by atomic mass is 16.6. The van der Waals surface area contributed by atoms with Gasteiger partial charge in [-0.3, -0.25) is 4.79 Å². The van der Waals surface area contributed by atoms with Crippen LogP contribution in [0.25, 0.3) is 11.4 Å². The smallest absolute Gasteiger partial charge is 0.255 e. The minimum Gasteiger partial charge on any atom is -0.486 e. The van der Waals surface area contributed by atoms with E-state index >= 15 is 0 Å². The third kappa shape index (κ3) is 3.55. The summed E-state index contributed by atoms with van der Waals surface area (Å²) >= 11 is 0. The normalized spacial score (nSPS) is 15.3. The number of fused-ring (bicyclic) bond motifs is 2. The summed E-state index contributed by atoms with van der Waals surface area (Å²) in [5.74, 6) is 2.98. The molecule has 7 heteroatoms. The van der Waals surface area contributed by atoms with E-state index < -0.39 is 0 Å². The number of aromatic nitrogens is 3. The van der Waals surface area contributed by atoms with Crippen LogP contribution in [0.15, 0.2) is 42.5 Å². The lowest BCUT2D eigenvalue weighted by Gasteiger charge is -2.18. The fourth-order valence-electron chi connectivity index (χ4n) is 3.82. The Hall–Kier alpha value is -3.35. The SMILES string of the molecule is O=C(Nc1cccc(-c2nnc3n2CCCCC3)c1)c1ccc2c(c1)OCCO2. The molecule has 5 rings (SSSR count). The van der Waals surface area contributed by atoms with Crippen molar-refractivity contribution in [1.82, 2.24) is 14.8 Å². The monoisotopic (exact) mass is 390 g/mol. The molecule has 2 aliphatic rings. The number of benzene rings is 2. The van der Waals surface area contributed by atoms with Crippen LogP contribution in [0, 0.1) is 0 Å². The Balaban J connectivity index is 1.38. The predicted molar refractivity (Wildman–Crippen MR) is 108 cm³/mol. The van der Waals surface area contributed by atoms with Gasteiger partial charge in [-0.25, -0.2) is 0 Å². The first-order valence-corrected chi connectivity index (χ1v) is 10.0. The van der Waals surface area contributed by atoms with Crippen LogP contribution in [0.2, 0.25) is 0 Å².